The Morgan fingerprint density at radius 3 is 2.70 bits per heavy atom. The topological polar surface area (TPSA) is 84.5 Å². The van der Waals surface area contributed by atoms with Crippen LogP contribution in [0.15, 0.2) is 47.4 Å². The number of anilines is 2. The Morgan fingerprint density at radius 1 is 1.15 bits per heavy atom. The number of nitrogens with one attached hydrogen (secondary N) is 2. The van der Waals surface area contributed by atoms with Gasteiger partial charge in [0.25, 0.3) is 5.91 Å². The van der Waals surface area contributed by atoms with E-state index < -0.39 is 35.4 Å². The first-order valence-corrected chi connectivity index (χ1v) is 8.77. The number of esters is 1. The van der Waals surface area contributed by atoms with E-state index >= 15 is 0 Å². The number of carbonyl (C=O) groups excluding carboxylic acids is 3. The zero-order chi connectivity index (χ0) is 19.4. The van der Waals surface area contributed by atoms with Crippen LogP contribution in [0, 0.1) is 11.6 Å². The predicted molar refractivity (Wildman–Crippen MR) is 95.3 cm³/mol. The van der Waals surface area contributed by atoms with Crippen molar-refractivity contribution in [3.63, 3.8) is 0 Å². The van der Waals surface area contributed by atoms with Gasteiger partial charge in [-0.15, -0.1) is 11.8 Å². The third-order valence-corrected chi connectivity index (χ3v) is 4.90. The first-order valence-electron chi connectivity index (χ1n) is 7.89. The van der Waals surface area contributed by atoms with Crippen LogP contribution >= 0.6 is 11.8 Å². The summed E-state index contributed by atoms with van der Waals surface area (Å²) in [4.78, 5) is 36.5. The maximum Gasteiger partial charge on any atom is 0.307 e. The average Bonchev–Trinajstić information content (AvgIpc) is 2.64. The molecule has 0 fully saturated rings. The van der Waals surface area contributed by atoms with Crippen LogP contribution in [-0.2, 0) is 19.1 Å². The fraction of sp³-hybridized carbons (Fsp3) is 0.167. The number of fused-ring (bicyclic) bond motifs is 1. The zero-order valence-corrected chi connectivity index (χ0v) is 14.6. The lowest BCUT2D eigenvalue weighted by Gasteiger charge is -2.23. The van der Waals surface area contributed by atoms with Gasteiger partial charge in [0.1, 0.15) is 0 Å². The molecule has 0 saturated carbocycles. The third kappa shape index (κ3) is 4.82. The Labute approximate surface area is 157 Å². The SMILES string of the molecule is O=C(COC(=O)C[C@H]1Sc2ccccc2NC1=O)Nc1ccc(F)c(F)c1. The maximum atomic E-state index is 13.1. The summed E-state index contributed by atoms with van der Waals surface area (Å²) in [6.07, 6.45) is -0.205. The van der Waals surface area contributed by atoms with E-state index in [-0.39, 0.29) is 18.0 Å². The van der Waals surface area contributed by atoms with Gasteiger partial charge in [-0.25, -0.2) is 8.78 Å². The molecular formula is C18H14F2N2O4S. The average molecular weight is 392 g/mol. The second-order valence-corrected chi connectivity index (χ2v) is 6.88. The molecule has 1 atom stereocenters. The number of carbonyl (C=O) groups is 3. The standard InChI is InChI=1S/C18H14F2N2O4S/c19-11-6-5-10(7-12(11)20)21-16(23)9-26-17(24)8-15-18(25)22-13-3-1-2-4-14(13)27-15/h1-7,15H,8-9H2,(H,21,23)(H,22,25)/t15-/m1/s1. The lowest BCUT2D eigenvalue weighted by atomic mass is 10.2. The number of ether oxygens (including phenoxy) is 1. The Morgan fingerprint density at radius 2 is 1.93 bits per heavy atom. The molecule has 0 bridgehead atoms. The van der Waals surface area contributed by atoms with E-state index in [0.717, 1.165) is 17.0 Å². The van der Waals surface area contributed by atoms with E-state index in [2.05, 4.69) is 10.6 Å². The van der Waals surface area contributed by atoms with E-state index in [0.29, 0.717) is 5.69 Å². The molecule has 2 aromatic carbocycles. The molecule has 140 valence electrons. The second kappa shape index (κ2) is 8.17. The van der Waals surface area contributed by atoms with Gasteiger partial charge in [-0.2, -0.15) is 0 Å². The van der Waals surface area contributed by atoms with Crippen LogP contribution in [0.3, 0.4) is 0 Å². The van der Waals surface area contributed by atoms with Crippen molar-refractivity contribution >= 4 is 40.9 Å². The van der Waals surface area contributed by atoms with Gasteiger partial charge in [0, 0.05) is 16.6 Å². The van der Waals surface area contributed by atoms with Crippen molar-refractivity contribution in [3.8, 4) is 0 Å². The largest absolute Gasteiger partial charge is 0.456 e. The van der Waals surface area contributed by atoms with Gasteiger partial charge in [0.05, 0.1) is 17.4 Å². The van der Waals surface area contributed by atoms with Crippen LogP contribution in [0.2, 0.25) is 0 Å². The summed E-state index contributed by atoms with van der Waals surface area (Å²) >= 11 is 1.24. The Bertz CT molecular complexity index is 907. The van der Waals surface area contributed by atoms with Gasteiger partial charge >= 0.3 is 5.97 Å². The number of thioether (sulfide) groups is 1. The molecule has 0 radical (unpaired) electrons. The van der Waals surface area contributed by atoms with Crippen LogP contribution < -0.4 is 10.6 Å². The van der Waals surface area contributed by atoms with E-state index in [9.17, 15) is 23.2 Å². The van der Waals surface area contributed by atoms with Gasteiger partial charge in [-0.1, -0.05) is 12.1 Å². The summed E-state index contributed by atoms with van der Waals surface area (Å²) in [5.74, 6) is -3.89. The molecule has 0 unspecified atom stereocenters. The van der Waals surface area contributed by atoms with Crippen molar-refractivity contribution in [2.45, 2.75) is 16.6 Å². The van der Waals surface area contributed by atoms with Crippen LogP contribution in [0.5, 0.6) is 0 Å². The highest BCUT2D eigenvalue weighted by molar-refractivity contribution is 8.01. The molecular weight excluding hydrogens is 378 g/mol. The summed E-state index contributed by atoms with van der Waals surface area (Å²) in [6.45, 7) is -0.604. The molecule has 1 heterocycles. The molecule has 0 saturated heterocycles. The number of hydrogen-bond acceptors (Lipinski definition) is 5. The molecule has 1 aliphatic rings. The van der Waals surface area contributed by atoms with Crippen LogP contribution in [-0.4, -0.2) is 29.6 Å². The Hall–Kier alpha value is -2.94. The molecule has 6 nitrogen and oxygen atoms in total. The molecule has 2 aromatic rings. The second-order valence-electron chi connectivity index (χ2n) is 5.63. The van der Waals surface area contributed by atoms with Gasteiger partial charge in [-0.3, -0.25) is 14.4 Å². The van der Waals surface area contributed by atoms with Gasteiger partial charge in [-0.05, 0) is 24.3 Å². The molecule has 3 rings (SSSR count). The van der Waals surface area contributed by atoms with Gasteiger partial charge in [0.2, 0.25) is 5.91 Å². The Balaban J connectivity index is 1.49. The van der Waals surface area contributed by atoms with Crippen LogP contribution in [0.4, 0.5) is 20.2 Å². The van der Waals surface area contributed by atoms with Crippen molar-refractivity contribution in [3.05, 3.63) is 54.1 Å². The molecule has 0 spiro atoms. The van der Waals surface area contributed by atoms with Crippen molar-refractivity contribution < 1.29 is 27.9 Å². The van der Waals surface area contributed by atoms with E-state index in [1.165, 1.54) is 17.8 Å². The fourth-order valence-corrected chi connectivity index (χ4v) is 3.45. The summed E-state index contributed by atoms with van der Waals surface area (Å²) in [5, 5.41) is 4.33. The highest BCUT2D eigenvalue weighted by Gasteiger charge is 2.29. The zero-order valence-electron chi connectivity index (χ0n) is 13.8. The smallest absolute Gasteiger partial charge is 0.307 e. The quantitative estimate of drug-likeness (QED) is 0.765. The first-order chi connectivity index (χ1) is 12.9. The molecule has 9 heteroatoms. The summed E-state index contributed by atoms with van der Waals surface area (Å²) in [7, 11) is 0. The van der Waals surface area contributed by atoms with E-state index in [1.54, 1.807) is 12.1 Å². The molecule has 0 aromatic heterocycles. The minimum absolute atomic E-state index is 0.0359. The van der Waals surface area contributed by atoms with E-state index in [1.807, 2.05) is 12.1 Å². The monoisotopic (exact) mass is 392 g/mol. The predicted octanol–water partition coefficient (Wildman–Crippen LogP) is 2.95. The molecule has 2 N–H and O–H groups in total. The number of para-hydroxylation sites is 1. The molecule has 0 aliphatic carbocycles. The van der Waals surface area contributed by atoms with Gasteiger partial charge < -0.3 is 15.4 Å². The van der Waals surface area contributed by atoms with Crippen molar-refractivity contribution in [1.82, 2.24) is 0 Å². The normalized spacial score (nSPS) is 15.5. The van der Waals surface area contributed by atoms with Crippen LogP contribution in [0.1, 0.15) is 6.42 Å². The van der Waals surface area contributed by atoms with Crippen molar-refractivity contribution in [2.24, 2.45) is 0 Å². The van der Waals surface area contributed by atoms with Crippen molar-refractivity contribution in [1.29, 1.82) is 0 Å². The highest BCUT2D eigenvalue weighted by Crippen LogP contribution is 2.36. The summed E-state index contributed by atoms with van der Waals surface area (Å²) in [6, 6.07) is 10.1. The number of amides is 2. The number of halogens is 2. The number of hydrogen-bond donors (Lipinski definition) is 2. The minimum Gasteiger partial charge on any atom is -0.456 e. The molecule has 27 heavy (non-hydrogen) atoms. The minimum atomic E-state index is -1.11. The summed E-state index contributed by atoms with van der Waals surface area (Å²) < 4.78 is 30.8. The van der Waals surface area contributed by atoms with Gasteiger partial charge in [0.15, 0.2) is 18.2 Å². The lowest BCUT2D eigenvalue weighted by Crippen LogP contribution is -2.32. The summed E-state index contributed by atoms with van der Waals surface area (Å²) in [5.41, 5.74) is 0.719. The van der Waals surface area contributed by atoms with E-state index in [4.69, 9.17) is 4.74 Å². The maximum absolute atomic E-state index is 13.1. The molecule has 2 amide bonds. The lowest BCUT2D eigenvalue weighted by molar-refractivity contribution is -0.147. The highest BCUT2D eigenvalue weighted by atomic mass is 32.2. The number of rotatable bonds is 5. The van der Waals surface area contributed by atoms with Crippen molar-refractivity contribution in [2.75, 3.05) is 17.2 Å². The Kier molecular flexibility index (Phi) is 5.70. The first kappa shape index (κ1) is 18.8. The number of benzene rings is 2. The fourth-order valence-electron chi connectivity index (χ4n) is 2.35. The molecule has 1 aliphatic heterocycles. The third-order valence-electron chi connectivity index (χ3n) is 3.63. The van der Waals surface area contributed by atoms with Crippen LogP contribution in [0.25, 0.3) is 0 Å².